The van der Waals surface area contributed by atoms with E-state index >= 15 is 0 Å². The molecule has 19 heavy (non-hydrogen) atoms. The molecule has 0 atom stereocenters. The largest absolute Gasteiger partial charge is 0.383 e. The van der Waals surface area contributed by atoms with Gasteiger partial charge >= 0.3 is 0 Å². The first-order valence-corrected chi connectivity index (χ1v) is 5.38. The minimum Gasteiger partial charge on any atom is -0.383 e. The number of benzene rings is 1. The highest BCUT2D eigenvalue weighted by atomic mass is 16.6. The van der Waals surface area contributed by atoms with E-state index in [9.17, 15) is 10.1 Å². The number of nitrogens with one attached hydrogen (secondary N) is 1. The van der Waals surface area contributed by atoms with Crippen molar-refractivity contribution in [3.05, 3.63) is 46.0 Å². The molecule has 2 rings (SSSR count). The van der Waals surface area contributed by atoms with Gasteiger partial charge < -0.3 is 5.32 Å². The van der Waals surface area contributed by atoms with E-state index in [1.54, 1.807) is 19.2 Å². The van der Waals surface area contributed by atoms with Crippen molar-refractivity contribution in [2.75, 3.05) is 12.4 Å². The van der Waals surface area contributed by atoms with Gasteiger partial charge in [0.2, 0.25) is 0 Å². The summed E-state index contributed by atoms with van der Waals surface area (Å²) >= 11 is 0. The van der Waals surface area contributed by atoms with Crippen molar-refractivity contribution in [3.63, 3.8) is 0 Å². The average Bonchev–Trinajstić information content (AvgIpc) is 2.86. The lowest BCUT2D eigenvalue weighted by atomic mass is 10.1. The second-order valence-electron chi connectivity index (χ2n) is 3.74. The van der Waals surface area contributed by atoms with Gasteiger partial charge in [-0.25, -0.2) is 9.67 Å². The molecule has 1 N–H and O–H groups in total. The van der Waals surface area contributed by atoms with Crippen LogP contribution in [0.25, 0.3) is 0 Å². The third-order valence-electron chi connectivity index (χ3n) is 2.51. The van der Waals surface area contributed by atoms with Crippen LogP contribution in [-0.2, 0) is 6.54 Å². The molecule has 0 aliphatic heterocycles. The quantitative estimate of drug-likeness (QED) is 0.650. The number of nitrogens with zero attached hydrogens (tertiary/aromatic N) is 5. The van der Waals surface area contributed by atoms with Crippen LogP contribution in [0.5, 0.6) is 0 Å². The van der Waals surface area contributed by atoms with Gasteiger partial charge in [-0.15, -0.1) is 5.10 Å². The number of rotatable bonds is 4. The van der Waals surface area contributed by atoms with Gasteiger partial charge in [-0.05, 0) is 11.6 Å². The first-order valence-electron chi connectivity index (χ1n) is 5.38. The topological polar surface area (TPSA) is 110 Å². The Bertz CT molecular complexity index is 657. The Morgan fingerprint density at radius 1 is 1.58 bits per heavy atom. The molecule has 8 nitrogen and oxygen atoms in total. The summed E-state index contributed by atoms with van der Waals surface area (Å²) in [6.07, 6.45) is 1.41. The number of anilines is 1. The molecule has 1 heterocycles. The third-order valence-corrected chi connectivity index (χ3v) is 2.51. The zero-order valence-corrected chi connectivity index (χ0v) is 10.1. The van der Waals surface area contributed by atoms with Crippen molar-refractivity contribution in [2.45, 2.75) is 6.54 Å². The molecule has 0 fully saturated rings. The van der Waals surface area contributed by atoms with Crippen LogP contribution >= 0.6 is 0 Å². The minimum atomic E-state index is -0.447. The number of hydrogen-bond acceptors (Lipinski definition) is 6. The molecule has 0 amide bonds. The molecular formula is C11H10N6O2. The third kappa shape index (κ3) is 2.66. The summed E-state index contributed by atoms with van der Waals surface area (Å²) in [5, 5.41) is 26.2. The standard InChI is InChI=1S/C11H10N6O2/c1-13-9-3-2-8(4-10(9)17(18)19)6-16-7-14-11(5-12)15-16/h2-4,7,13H,6H2,1H3. The van der Waals surface area contributed by atoms with Crippen molar-refractivity contribution >= 4 is 11.4 Å². The summed E-state index contributed by atoms with van der Waals surface area (Å²) in [7, 11) is 1.62. The van der Waals surface area contributed by atoms with Crippen molar-refractivity contribution < 1.29 is 4.92 Å². The van der Waals surface area contributed by atoms with Gasteiger partial charge in [0.25, 0.3) is 11.5 Å². The second kappa shape index (κ2) is 5.14. The van der Waals surface area contributed by atoms with Crippen LogP contribution in [0.1, 0.15) is 11.4 Å². The first kappa shape index (κ1) is 12.5. The number of aromatic nitrogens is 3. The molecule has 1 aromatic heterocycles. The highest BCUT2D eigenvalue weighted by molar-refractivity contribution is 5.62. The Labute approximate surface area is 108 Å². The van der Waals surface area contributed by atoms with Crippen LogP contribution in [0.15, 0.2) is 24.5 Å². The van der Waals surface area contributed by atoms with Crippen molar-refractivity contribution in [2.24, 2.45) is 0 Å². The molecule has 0 aliphatic carbocycles. The van der Waals surface area contributed by atoms with Gasteiger partial charge in [0, 0.05) is 13.1 Å². The maximum Gasteiger partial charge on any atom is 0.292 e. The summed E-state index contributed by atoms with van der Waals surface area (Å²) in [5.74, 6) is 0.0707. The summed E-state index contributed by atoms with van der Waals surface area (Å²) < 4.78 is 1.46. The number of nitro groups is 1. The van der Waals surface area contributed by atoms with Gasteiger partial charge in [0.1, 0.15) is 18.1 Å². The molecular weight excluding hydrogens is 248 g/mol. The van der Waals surface area contributed by atoms with E-state index in [0.29, 0.717) is 17.8 Å². The van der Waals surface area contributed by atoms with Crippen LogP contribution < -0.4 is 5.32 Å². The fourth-order valence-electron chi connectivity index (χ4n) is 1.65. The number of hydrogen-bond donors (Lipinski definition) is 1. The summed E-state index contributed by atoms with van der Waals surface area (Å²) in [5.41, 5.74) is 1.16. The highest BCUT2D eigenvalue weighted by Crippen LogP contribution is 2.25. The van der Waals surface area contributed by atoms with E-state index in [1.807, 2.05) is 6.07 Å². The minimum absolute atomic E-state index is 0.000576. The fraction of sp³-hybridized carbons (Fsp3) is 0.182. The Balaban J connectivity index is 2.28. The Morgan fingerprint density at radius 3 is 2.95 bits per heavy atom. The first-order chi connectivity index (χ1) is 9.13. The van der Waals surface area contributed by atoms with E-state index in [-0.39, 0.29) is 11.5 Å². The predicted molar refractivity (Wildman–Crippen MR) is 66.5 cm³/mol. The van der Waals surface area contributed by atoms with E-state index in [1.165, 1.54) is 17.1 Å². The van der Waals surface area contributed by atoms with E-state index < -0.39 is 4.92 Å². The van der Waals surface area contributed by atoms with Crippen molar-refractivity contribution in [1.29, 1.82) is 5.26 Å². The van der Waals surface area contributed by atoms with Gasteiger partial charge in [0.15, 0.2) is 0 Å². The molecule has 0 bridgehead atoms. The normalized spacial score (nSPS) is 9.89. The van der Waals surface area contributed by atoms with Crippen LogP contribution in [0.3, 0.4) is 0 Å². The number of nitriles is 1. The Kier molecular flexibility index (Phi) is 3.38. The second-order valence-corrected chi connectivity index (χ2v) is 3.74. The lowest BCUT2D eigenvalue weighted by Crippen LogP contribution is -2.03. The lowest BCUT2D eigenvalue weighted by molar-refractivity contribution is -0.384. The van der Waals surface area contributed by atoms with Crippen LogP contribution in [-0.4, -0.2) is 26.7 Å². The highest BCUT2D eigenvalue weighted by Gasteiger charge is 2.13. The van der Waals surface area contributed by atoms with Crippen LogP contribution in [0, 0.1) is 21.4 Å². The number of nitro benzene ring substituents is 1. The molecule has 2 aromatic rings. The SMILES string of the molecule is CNc1ccc(Cn2cnc(C#N)n2)cc1[N+](=O)[O-]. The Morgan fingerprint density at radius 2 is 2.37 bits per heavy atom. The lowest BCUT2D eigenvalue weighted by Gasteiger charge is -2.05. The summed E-state index contributed by atoms with van der Waals surface area (Å²) in [6.45, 7) is 0.319. The molecule has 0 unspecified atom stereocenters. The van der Waals surface area contributed by atoms with E-state index in [0.717, 1.165) is 0 Å². The summed E-state index contributed by atoms with van der Waals surface area (Å²) in [4.78, 5) is 14.2. The molecule has 0 aliphatic rings. The molecule has 0 saturated carbocycles. The average molecular weight is 258 g/mol. The van der Waals surface area contributed by atoms with Crippen LogP contribution in [0.4, 0.5) is 11.4 Å². The van der Waals surface area contributed by atoms with Gasteiger partial charge in [0.05, 0.1) is 11.5 Å². The fourth-order valence-corrected chi connectivity index (χ4v) is 1.65. The predicted octanol–water partition coefficient (Wildman–Crippen LogP) is 1.15. The molecule has 0 spiro atoms. The molecule has 0 radical (unpaired) electrons. The van der Waals surface area contributed by atoms with E-state index in [2.05, 4.69) is 15.4 Å². The maximum absolute atomic E-state index is 10.9. The molecule has 1 aromatic carbocycles. The van der Waals surface area contributed by atoms with Gasteiger partial charge in [-0.2, -0.15) is 5.26 Å². The smallest absolute Gasteiger partial charge is 0.292 e. The Hall–Kier alpha value is -2.95. The summed E-state index contributed by atoms with van der Waals surface area (Å²) in [6, 6.07) is 6.68. The van der Waals surface area contributed by atoms with Gasteiger partial charge in [-0.3, -0.25) is 10.1 Å². The zero-order valence-electron chi connectivity index (χ0n) is 10.1. The molecule has 96 valence electrons. The van der Waals surface area contributed by atoms with Gasteiger partial charge in [-0.1, -0.05) is 6.07 Å². The molecule has 0 saturated heterocycles. The molecule has 8 heteroatoms. The van der Waals surface area contributed by atoms with Crippen molar-refractivity contribution in [3.8, 4) is 6.07 Å². The van der Waals surface area contributed by atoms with E-state index in [4.69, 9.17) is 5.26 Å². The maximum atomic E-state index is 10.9. The monoisotopic (exact) mass is 258 g/mol. The van der Waals surface area contributed by atoms with Crippen molar-refractivity contribution in [1.82, 2.24) is 14.8 Å². The zero-order chi connectivity index (χ0) is 13.8. The van der Waals surface area contributed by atoms with Crippen LogP contribution in [0.2, 0.25) is 0 Å².